The van der Waals surface area contributed by atoms with Crippen molar-refractivity contribution in [2.24, 2.45) is 5.41 Å². The van der Waals surface area contributed by atoms with Gasteiger partial charge in [0.05, 0.1) is 17.9 Å². The van der Waals surface area contributed by atoms with Crippen LogP contribution in [0.3, 0.4) is 0 Å². The topological polar surface area (TPSA) is 183 Å². The Kier molecular flexibility index (Phi) is 9.97. The second kappa shape index (κ2) is 14.7. The molecule has 1 aromatic carbocycles. The van der Waals surface area contributed by atoms with E-state index in [1.807, 2.05) is 13.0 Å². The van der Waals surface area contributed by atoms with Crippen LogP contribution in [-0.4, -0.2) is 78.7 Å². The van der Waals surface area contributed by atoms with Crippen LogP contribution in [-0.2, 0) is 26.4 Å². The first-order chi connectivity index (χ1) is 27.9. The van der Waals surface area contributed by atoms with Crippen LogP contribution in [0.5, 0.6) is 0 Å². The molecule has 59 heavy (non-hydrogen) atoms. The van der Waals surface area contributed by atoms with Crippen LogP contribution in [0, 0.1) is 24.0 Å². The quantitative estimate of drug-likeness (QED) is 0.154. The van der Waals surface area contributed by atoms with E-state index in [0.717, 1.165) is 45.3 Å². The molecule has 3 aromatic heterocycles. The van der Waals surface area contributed by atoms with Crippen LogP contribution in [0.2, 0.25) is 0 Å². The van der Waals surface area contributed by atoms with Crippen molar-refractivity contribution in [1.82, 2.24) is 51.1 Å². The minimum atomic E-state index is -4.57. The molecular weight excluding hydrogens is 781 g/mol. The van der Waals surface area contributed by atoms with Crippen molar-refractivity contribution in [3.05, 3.63) is 94.4 Å². The van der Waals surface area contributed by atoms with E-state index in [-0.39, 0.29) is 71.6 Å². The van der Waals surface area contributed by atoms with Crippen LogP contribution in [0.4, 0.5) is 32.4 Å². The number of aryl methyl sites for hydroxylation is 1. The summed E-state index contributed by atoms with van der Waals surface area (Å²) in [6, 6.07) is 4.94. The van der Waals surface area contributed by atoms with Crippen molar-refractivity contribution < 1.29 is 41.2 Å². The number of imide groups is 1. The van der Waals surface area contributed by atoms with Gasteiger partial charge >= 0.3 is 12.2 Å². The van der Waals surface area contributed by atoms with E-state index >= 15 is 8.78 Å². The number of pyridine rings is 1. The van der Waals surface area contributed by atoms with Crippen LogP contribution >= 0.6 is 0 Å². The Labute approximate surface area is 334 Å². The van der Waals surface area contributed by atoms with Crippen LogP contribution < -0.4 is 21.0 Å². The molecule has 2 unspecified atom stereocenters. The zero-order valence-electron chi connectivity index (χ0n) is 32.4. The normalized spacial score (nSPS) is 20.1. The first kappa shape index (κ1) is 39.9. The molecule has 20 heteroatoms. The van der Waals surface area contributed by atoms with E-state index in [0.29, 0.717) is 16.8 Å². The van der Waals surface area contributed by atoms with E-state index in [1.165, 1.54) is 29.3 Å². The second-order valence-electron chi connectivity index (χ2n) is 16.1. The maximum absolute atomic E-state index is 15.6. The predicted molar refractivity (Wildman–Crippen MR) is 199 cm³/mol. The molecule has 0 bridgehead atoms. The van der Waals surface area contributed by atoms with Gasteiger partial charge in [-0.3, -0.25) is 34.8 Å². The van der Waals surface area contributed by atoms with Gasteiger partial charge < -0.3 is 10.2 Å². The number of H-pyrrole nitrogens is 1. The van der Waals surface area contributed by atoms with Gasteiger partial charge in [0.1, 0.15) is 34.6 Å². The second-order valence-corrected chi connectivity index (χ2v) is 16.1. The monoisotopic (exact) mass is 821 g/mol. The number of nitrogens with one attached hydrogen (secondary N) is 4. The Morgan fingerprint density at radius 2 is 1.83 bits per heavy atom. The minimum Gasteiger partial charge on any atom is -0.402 e. The van der Waals surface area contributed by atoms with E-state index in [4.69, 9.17) is 4.84 Å². The molecule has 1 spiro atoms. The van der Waals surface area contributed by atoms with E-state index in [2.05, 4.69) is 51.1 Å². The predicted octanol–water partition coefficient (Wildman–Crippen LogP) is 5.25. The van der Waals surface area contributed by atoms with Crippen molar-refractivity contribution in [1.29, 1.82) is 0 Å². The van der Waals surface area contributed by atoms with Gasteiger partial charge in [0.2, 0.25) is 11.7 Å². The van der Waals surface area contributed by atoms with Gasteiger partial charge in [0, 0.05) is 50.1 Å². The fourth-order valence-electron chi connectivity index (χ4n) is 7.94. The number of carbonyl (C=O) groups is 3. The lowest BCUT2D eigenvalue weighted by atomic mass is 9.56. The first-order valence-corrected chi connectivity index (χ1v) is 19.0. The summed E-state index contributed by atoms with van der Waals surface area (Å²) in [5, 5.41) is 10.8. The number of hydrogen-bond donors (Lipinski definition) is 4. The molecule has 2 saturated heterocycles. The minimum absolute atomic E-state index is 0.0248. The maximum Gasteiger partial charge on any atom is 0.401 e. The summed E-state index contributed by atoms with van der Waals surface area (Å²) in [5.41, 5.74) is 3.11. The number of aromatic amines is 1. The summed E-state index contributed by atoms with van der Waals surface area (Å²) in [7, 11) is 0. The highest BCUT2D eigenvalue weighted by Gasteiger charge is 2.54. The van der Waals surface area contributed by atoms with Crippen molar-refractivity contribution in [2.45, 2.75) is 83.1 Å². The number of urea groups is 1. The van der Waals surface area contributed by atoms with E-state index in [9.17, 15) is 27.6 Å². The van der Waals surface area contributed by atoms with Crippen LogP contribution in [0.15, 0.2) is 48.5 Å². The fraction of sp³-hybridized carbons (Fsp3) is 0.436. The maximum atomic E-state index is 15.6. The van der Waals surface area contributed by atoms with Crippen LogP contribution in [0.25, 0.3) is 11.3 Å². The number of likely N-dealkylation sites (tertiary alicyclic amines) is 1. The average Bonchev–Trinajstić information content (AvgIpc) is 3.84. The number of nitrogens with zero attached hydrogens (tertiary/aromatic N) is 7. The number of aromatic nitrogens is 6. The summed E-state index contributed by atoms with van der Waals surface area (Å²) in [4.78, 5) is 62.4. The van der Waals surface area contributed by atoms with Crippen molar-refractivity contribution >= 4 is 23.5 Å². The molecule has 3 aliphatic heterocycles. The smallest absolute Gasteiger partial charge is 0.401 e. The fourth-order valence-corrected chi connectivity index (χ4v) is 7.94. The summed E-state index contributed by atoms with van der Waals surface area (Å²) < 4.78 is 70.7. The van der Waals surface area contributed by atoms with Crippen LogP contribution in [0.1, 0.15) is 92.3 Å². The third kappa shape index (κ3) is 7.50. The third-order valence-corrected chi connectivity index (χ3v) is 11.7. The van der Waals surface area contributed by atoms with Gasteiger partial charge in [-0.25, -0.2) is 28.5 Å². The highest BCUT2D eigenvalue weighted by Crippen LogP contribution is 2.57. The number of carbonyl (C=O) groups excluding carboxylic acids is 3. The average molecular weight is 822 g/mol. The number of rotatable bonds is 10. The van der Waals surface area contributed by atoms with Crippen molar-refractivity contribution in [3.8, 4) is 11.3 Å². The van der Waals surface area contributed by atoms with Gasteiger partial charge in [0.15, 0.2) is 11.6 Å². The van der Waals surface area contributed by atoms with Gasteiger partial charge in [-0.05, 0) is 87.3 Å². The van der Waals surface area contributed by atoms with Gasteiger partial charge in [-0.1, -0.05) is 6.07 Å². The summed E-state index contributed by atoms with van der Waals surface area (Å²) in [6.45, 7) is 7.12. The number of anilines is 1. The van der Waals surface area contributed by atoms with Gasteiger partial charge in [-0.2, -0.15) is 18.3 Å². The lowest BCUT2D eigenvalue weighted by molar-refractivity contribution is -0.182. The molecule has 8 rings (SSSR count). The number of hydroxylamine groups is 1. The molecule has 1 saturated carbocycles. The third-order valence-electron chi connectivity index (χ3n) is 11.7. The molecule has 0 radical (unpaired) electrons. The van der Waals surface area contributed by atoms with E-state index < -0.39 is 47.0 Å². The Morgan fingerprint density at radius 3 is 2.51 bits per heavy atom. The Balaban J connectivity index is 0.839. The molecule has 310 valence electrons. The number of hydrogen-bond acceptors (Lipinski definition) is 11. The van der Waals surface area contributed by atoms with Gasteiger partial charge in [-0.15, -0.1) is 5.48 Å². The number of amides is 4. The zero-order chi connectivity index (χ0) is 42.0. The van der Waals surface area contributed by atoms with E-state index in [1.54, 1.807) is 19.2 Å². The molecule has 3 fully saturated rings. The highest BCUT2D eigenvalue weighted by atomic mass is 19.4. The number of halogens is 5. The molecule has 4 aliphatic rings. The Morgan fingerprint density at radius 1 is 1.07 bits per heavy atom. The first-order valence-electron chi connectivity index (χ1n) is 19.0. The van der Waals surface area contributed by atoms with Crippen molar-refractivity contribution in [3.63, 3.8) is 0 Å². The number of alkyl halides is 3. The molecule has 1 aliphatic carbocycles. The Hall–Kier alpha value is -5.89. The standard InChI is InChI=1S/C39H40F5N11O4/c1-19-24(15-46-33(48-19)27-11-29(59-53-27)34(57)47-16-30-49-35(52-51-30)37(3,4)39(42,43)44)32-26(41)10-22(14-45-32)20(2)54-17-38(18-54)12-23(13-38)21-5-6-28(25(40)9-21)55-8-7-31(56)50-36(55)58/h5-6,9-11,14-15,20,23,27,53H,7-8,12-13,16-18H2,1-4H3,(H,47,57)(H,49,51,52)(H,50,56,58). The SMILES string of the molecule is Cc1nc(C2C=C(C(=O)NCc3nc(C(C)(C)C(F)(F)F)n[nH]3)ON2)ncc1-c1ncc(C(C)N2CC3(CC(c4ccc(N5CCC(=O)NC5=O)c(F)c4)C3)C2)cc1F. The number of benzene rings is 1. The summed E-state index contributed by atoms with van der Waals surface area (Å²) >= 11 is 0. The largest absolute Gasteiger partial charge is 0.402 e. The molecular formula is C39H40F5N11O4. The lowest BCUT2D eigenvalue weighted by Crippen LogP contribution is -2.61. The molecule has 4 aromatic rings. The summed E-state index contributed by atoms with van der Waals surface area (Å²) in [5.74, 6) is -2.19. The zero-order valence-corrected chi connectivity index (χ0v) is 32.4. The van der Waals surface area contributed by atoms with Gasteiger partial charge in [0.25, 0.3) is 5.91 Å². The summed E-state index contributed by atoms with van der Waals surface area (Å²) in [6.07, 6.45) is 1.85. The highest BCUT2D eigenvalue weighted by molar-refractivity contribution is 6.05. The molecule has 15 nitrogen and oxygen atoms in total. The lowest BCUT2D eigenvalue weighted by Gasteiger charge is -2.61. The molecule has 4 amide bonds. The molecule has 6 heterocycles. The molecule has 4 N–H and O–H groups in total. The van der Waals surface area contributed by atoms with Crippen molar-refractivity contribution in [2.75, 3.05) is 24.5 Å². The molecule has 2 atom stereocenters. The Bertz CT molecular complexity index is 2370.